The quantitative estimate of drug-likeness (QED) is 0.401. The lowest BCUT2D eigenvalue weighted by molar-refractivity contribution is -0.387. The van der Waals surface area contributed by atoms with E-state index in [-0.39, 0.29) is 22.7 Å². The van der Waals surface area contributed by atoms with Gasteiger partial charge in [-0.25, -0.2) is 4.79 Å². The highest BCUT2D eigenvalue weighted by Gasteiger charge is 2.20. The second-order valence-corrected chi connectivity index (χ2v) is 5.46. The van der Waals surface area contributed by atoms with E-state index in [0.29, 0.717) is 5.75 Å². The topological polar surface area (TPSA) is 126 Å². The monoisotopic (exact) mass is 408 g/mol. The molecule has 2 rings (SSSR count). The van der Waals surface area contributed by atoms with E-state index in [2.05, 4.69) is 5.32 Å². The predicted molar refractivity (Wildman–Crippen MR) is 98.1 cm³/mol. The van der Waals surface area contributed by atoms with Crippen molar-refractivity contribution in [3.63, 3.8) is 0 Å². The number of esters is 1. The average molecular weight is 408 g/mol. The van der Waals surface area contributed by atoms with E-state index in [0.717, 1.165) is 18.2 Å². The van der Waals surface area contributed by atoms with Crippen LogP contribution in [-0.2, 0) is 9.53 Å². The number of nitro groups is 1. The third-order valence-electron chi connectivity index (χ3n) is 3.69. The van der Waals surface area contributed by atoms with E-state index < -0.39 is 34.9 Å². The summed E-state index contributed by atoms with van der Waals surface area (Å²) in [4.78, 5) is 34.1. The molecule has 1 amide bonds. The molecule has 0 unspecified atom stereocenters. The number of carbonyl (C=O) groups is 2. The fourth-order valence-electron chi connectivity index (χ4n) is 2.32. The molecule has 0 bridgehead atoms. The van der Waals surface area contributed by atoms with Gasteiger partial charge in [0.05, 0.1) is 26.3 Å². The number of nitro benzene ring substituents is 1. The first-order valence-electron chi connectivity index (χ1n) is 8.01. The molecule has 29 heavy (non-hydrogen) atoms. The number of hydrogen-bond acceptors (Lipinski definition) is 8. The number of methoxy groups -OCH3 is 3. The SMILES string of the molecule is COc1cc(OC)c(C(=O)OCC(=O)Nc2ccc(F)c([N+](=O)[O-])c2)cc1OC. The minimum atomic E-state index is -1.04. The summed E-state index contributed by atoms with van der Waals surface area (Å²) < 4.78 is 33.6. The molecule has 0 atom stereocenters. The first kappa shape index (κ1) is 21.4. The normalized spacial score (nSPS) is 10.1. The van der Waals surface area contributed by atoms with Crippen molar-refractivity contribution in [3.05, 3.63) is 51.8 Å². The van der Waals surface area contributed by atoms with Crippen molar-refractivity contribution in [3.8, 4) is 17.2 Å². The molecule has 0 fully saturated rings. The number of carbonyl (C=O) groups excluding carboxylic acids is 2. The minimum absolute atomic E-state index is 0.00429. The largest absolute Gasteiger partial charge is 0.496 e. The van der Waals surface area contributed by atoms with Crippen molar-refractivity contribution in [2.75, 3.05) is 33.3 Å². The van der Waals surface area contributed by atoms with Gasteiger partial charge in [0.1, 0.15) is 11.3 Å². The van der Waals surface area contributed by atoms with E-state index in [1.54, 1.807) is 0 Å². The third-order valence-corrected chi connectivity index (χ3v) is 3.69. The number of nitrogens with zero attached hydrogens (tertiary/aromatic N) is 1. The van der Waals surface area contributed by atoms with Gasteiger partial charge in [-0.3, -0.25) is 14.9 Å². The van der Waals surface area contributed by atoms with Gasteiger partial charge >= 0.3 is 11.7 Å². The van der Waals surface area contributed by atoms with Gasteiger partial charge in [-0.15, -0.1) is 0 Å². The Balaban J connectivity index is 2.08. The maximum atomic E-state index is 13.3. The van der Waals surface area contributed by atoms with Crippen LogP contribution in [0.5, 0.6) is 17.2 Å². The van der Waals surface area contributed by atoms with Gasteiger partial charge in [0.2, 0.25) is 5.82 Å². The average Bonchev–Trinajstić information content (AvgIpc) is 2.71. The van der Waals surface area contributed by atoms with Crippen LogP contribution >= 0.6 is 0 Å². The molecule has 154 valence electrons. The van der Waals surface area contributed by atoms with Crippen LogP contribution in [-0.4, -0.2) is 44.7 Å². The van der Waals surface area contributed by atoms with Crippen LogP contribution < -0.4 is 19.5 Å². The van der Waals surface area contributed by atoms with Crippen molar-refractivity contribution < 1.29 is 37.9 Å². The highest BCUT2D eigenvalue weighted by molar-refractivity contribution is 5.97. The summed E-state index contributed by atoms with van der Waals surface area (Å²) in [6, 6.07) is 5.59. The second kappa shape index (κ2) is 9.35. The van der Waals surface area contributed by atoms with E-state index in [4.69, 9.17) is 18.9 Å². The molecule has 0 heterocycles. The maximum absolute atomic E-state index is 13.3. The summed E-state index contributed by atoms with van der Waals surface area (Å²) in [6.07, 6.45) is 0. The van der Waals surface area contributed by atoms with Crippen molar-refractivity contribution in [1.82, 2.24) is 0 Å². The first-order valence-corrected chi connectivity index (χ1v) is 8.01. The Morgan fingerprint density at radius 2 is 1.66 bits per heavy atom. The summed E-state index contributed by atoms with van der Waals surface area (Å²) in [6.45, 7) is -0.693. The van der Waals surface area contributed by atoms with Crippen LogP contribution in [0.2, 0.25) is 0 Å². The molecule has 0 aliphatic carbocycles. The van der Waals surface area contributed by atoms with Crippen molar-refractivity contribution in [1.29, 1.82) is 0 Å². The van der Waals surface area contributed by atoms with Crippen LogP contribution in [0.15, 0.2) is 30.3 Å². The number of rotatable bonds is 8. The van der Waals surface area contributed by atoms with E-state index >= 15 is 0 Å². The zero-order chi connectivity index (χ0) is 21.6. The van der Waals surface area contributed by atoms with Gasteiger partial charge in [-0.05, 0) is 12.1 Å². The second-order valence-electron chi connectivity index (χ2n) is 5.46. The molecule has 1 N–H and O–H groups in total. The highest BCUT2D eigenvalue weighted by atomic mass is 19.1. The summed E-state index contributed by atoms with van der Waals surface area (Å²) in [5.41, 5.74) is -0.826. The van der Waals surface area contributed by atoms with Crippen molar-refractivity contribution in [2.24, 2.45) is 0 Å². The van der Waals surface area contributed by atoms with Gasteiger partial charge < -0.3 is 24.3 Å². The van der Waals surface area contributed by atoms with Crippen LogP contribution in [0.1, 0.15) is 10.4 Å². The molecule has 0 spiro atoms. The van der Waals surface area contributed by atoms with Gasteiger partial charge in [-0.2, -0.15) is 4.39 Å². The molecule has 0 saturated heterocycles. The fourth-order valence-corrected chi connectivity index (χ4v) is 2.32. The predicted octanol–water partition coefficient (Wildman–Crippen LogP) is 2.56. The number of anilines is 1. The fraction of sp³-hybridized carbons (Fsp3) is 0.222. The molecule has 0 aromatic heterocycles. The van der Waals surface area contributed by atoms with Gasteiger partial charge in [-0.1, -0.05) is 0 Å². The van der Waals surface area contributed by atoms with E-state index in [1.807, 2.05) is 0 Å². The van der Waals surface area contributed by atoms with Crippen LogP contribution in [0.4, 0.5) is 15.8 Å². The van der Waals surface area contributed by atoms with Crippen molar-refractivity contribution in [2.45, 2.75) is 0 Å². The molecule has 0 aliphatic rings. The number of benzene rings is 2. The maximum Gasteiger partial charge on any atom is 0.342 e. The van der Waals surface area contributed by atoms with Crippen LogP contribution in [0.25, 0.3) is 0 Å². The minimum Gasteiger partial charge on any atom is -0.496 e. The highest BCUT2D eigenvalue weighted by Crippen LogP contribution is 2.34. The first-order chi connectivity index (χ1) is 13.8. The number of amides is 1. The summed E-state index contributed by atoms with van der Waals surface area (Å²) in [5.74, 6) is -1.97. The number of halogens is 1. The molecule has 11 heteroatoms. The van der Waals surface area contributed by atoms with Crippen LogP contribution in [0.3, 0.4) is 0 Å². The Kier molecular flexibility index (Phi) is 6.90. The molecule has 0 radical (unpaired) electrons. The molecule has 0 saturated carbocycles. The summed E-state index contributed by atoms with van der Waals surface area (Å²) in [5, 5.41) is 13.0. The zero-order valence-corrected chi connectivity index (χ0v) is 15.7. The summed E-state index contributed by atoms with van der Waals surface area (Å²) >= 11 is 0. The lowest BCUT2D eigenvalue weighted by atomic mass is 10.1. The van der Waals surface area contributed by atoms with Crippen LogP contribution in [0, 0.1) is 15.9 Å². The molecule has 10 nitrogen and oxygen atoms in total. The molecule has 2 aromatic rings. The Morgan fingerprint density at radius 3 is 2.24 bits per heavy atom. The van der Waals surface area contributed by atoms with Gasteiger partial charge in [0, 0.05) is 23.9 Å². The Labute approximate surface area is 164 Å². The Bertz CT molecular complexity index is 948. The van der Waals surface area contributed by atoms with Crippen molar-refractivity contribution >= 4 is 23.3 Å². The van der Waals surface area contributed by atoms with E-state index in [1.165, 1.54) is 33.5 Å². The lowest BCUT2D eigenvalue weighted by Crippen LogP contribution is -2.21. The Morgan fingerprint density at radius 1 is 1.03 bits per heavy atom. The van der Waals surface area contributed by atoms with Gasteiger partial charge in [0.15, 0.2) is 18.1 Å². The summed E-state index contributed by atoms with van der Waals surface area (Å²) in [7, 11) is 4.14. The standard InChI is InChI=1S/C18H17FN2O8/c1-26-14-8-16(28-3)15(27-2)7-11(14)18(23)29-9-17(22)20-10-4-5-12(19)13(6-10)21(24)25/h4-8H,9H2,1-3H3,(H,20,22). The van der Waals surface area contributed by atoms with E-state index in [9.17, 15) is 24.1 Å². The molecular formula is C18H17FN2O8. The number of ether oxygens (including phenoxy) is 4. The molecular weight excluding hydrogens is 391 g/mol. The van der Waals surface area contributed by atoms with Gasteiger partial charge in [0.25, 0.3) is 5.91 Å². The molecule has 2 aromatic carbocycles. The lowest BCUT2D eigenvalue weighted by Gasteiger charge is -2.13. The number of nitrogens with one attached hydrogen (secondary N) is 1. The third kappa shape index (κ3) is 5.09. The Hall–Kier alpha value is -3.89. The zero-order valence-electron chi connectivity index (χ0n) is 15.7. The smallest absolute Gasteiger partial charge is 0.342 e. The number of hydrogen-bond donors (Lipinski definition) is 1. The molecule has 0 aliphatic heterocycles.